The van der Waals surface area contributed by atoms with Crippen molar-refractivity contribution in [2.24, 2.45) is 0 Å². The maximum absolute atomic E-state index is 9.37. The third kappa shape index (κ3) is 2.36. The highest BCUT2D eigenvalue weighted by Gasteiger charge is 2.41. The van der Waals surface area contributed by atoms with Crippen molar-refractivity contribution in [3.63, 3.8) is 0 Å². The summed E-state index contributed by atoms with van der Waals surface area (Å²) in [5.74, 6) is 0. The van der Waals surface area contributed by atoms with Gasteiger partial charge in [-0.3, -0.25) is 4.98 Å². The molecule has 1 aliphatic carbocycles. The molecule has 0 radical (unpaired) electrons. The van der Waals surface area contributed by atoms with Crippen LogP contribution >= 0.6 is 15.9 Å². The number of hydrogen-bond donors (Lipinski definition) is 0. The molecule has 2 nitrogen and oxygen atoms in total. The fourth-order valence-corrected chi connectivity index (χ4v) is 4.22. The lowest BCUT2D eigenvalue weighted by molar-refractivity contribution is 0.403. The van der Waals surface area contributed by atoms with Crippen molar-refractivity contribution in [1.29, 1.82) is 5.26 Å². The van der Waals surface area contributed by atoms with E-state index in [4.69, 9.17) is 0 Å². The van der Waals surface area contributed by atoms with Gasteiger partial charge in [-0.15, -0.1) is 0 Å². The number of hydrogen-bond acceptors (Lipinski definition) is 2. The van der Waals surface area contributed by atoms with Crippen molar-refractivity contribution in [3.05, 3.63) is 51.6 Å². The number of rotatable bonds is 1. The molecule has 2 aromatic rings. The molecular weight excluding hydrogens is 336 g/mol. The molecule has 1 aromatic carbocycles. The van der Waals surface area contributed by atoms with E-state index in [9.17, 15) is 5.26 Å². The van der Waals surface area contributed by atoms with Crippen LogP contribution in [-0.2, 0) is 10.8 Å². The lowest BCUT2D eigenvalue weighted by atomic mass is 9.82. The third-order valence-corrected chi connectivity index (χ3v) is 5.04. The van der Waals surface area contributed by atoms with Crippen LogP contribution in [0.2, 0.25) is 0 Å². The highest BCUT2D eigenvalue weighted by Crippen LogP contribution is 2.50. The van der Waals surface area contributed by atoms with Gasteiger partial charge in [-0.05, 0) is 56.4 Å². The number of halogens is 1. The molecule has 3 rings (SSSR count). The third-order valence-electron chi connectivity index (χ3n) is 4.61. The molecule has 0 fully saturated rings. The molecule has 0 unspecified atom stereocenters. The largest absolute Gasteiger partial charge is 0.254 e. The van der Waals surface area contributed by atoms with Gasteiger partial charge >= 0.3 is 0 Å². The Morgan fingerprint density at radius 3 is 2.45 bits per heavy atom. The summed E-state index contributed by atoms with van der Waals surface area (Å²) in [6.07, 6.45) is 2.89. The van der Waals surface area contributed by atoms with Crippen LogP contribution in [0.5, 0.6) is 0 Å². The lowest BCUT2D eigenvalue weighted by Crippen LogP contribution is -2.17. The summed E-state index contributed by atoms with van der Waals surface area (Å²) < 4.78 is 0.829. The summed E-state index contributed by atoms with van der Waals surface area (Å²) >= 11 is 3.38. The molecule has 0 aliphatic heterocycles. The Kier molecular flexibility index (Phi) is 3.41. The SMILES string of the molecule is CC1(C)CC(C)(C)c2cc(-c3ncc(Br)cc3C#N)ccc21. The van der Waals surface area contributed by atoms with E-state index < -0.39 is 0 Å². The van der Waals surface area contributed by atoms with Crippen LogP contribution in [0.25, 0.3) is 11.3 Å². The summed E-state index contributed by atoms with van der Waals surface area (Å²) in [6, 6.07) is 10.6. The second kappa shape index (κ2) is 4.93. The maximum atomic E-state index is 9.37. The van der Waals surface area contributed by atoms with Crippen molar-refractivity contribution in [2.45, 2.75) is 44.9 Å². The predicted octanol–water partition coefficient (Wildman–Crippen LogP) is 5.34. The van der Waals surface area contributed by atoms with Gasteiger partial charge in [0.15, 0.2) is 0 Å². The topological polar surface area (TPSA) is 36.7 Å². The number of nitrogens with zero attached hydrogens (tertiary/aromatic N) is 2. The van der Waals surface area contributed by atoms with Gasteiger partial charge in [0, 0.05) is 16.2 Å². The van der Waals surface area contributed by atoms with Gasteiger partial charge in [0.05, 0.1) is 11.3 Å². The molecule has 0 amide bonds. The molecule has 1 aliphatic rings. The Labute approximate surface area is 140 Å². The average Bonchev–Trinajstić information content (AvgIpc) is 2.63. The van der Waals surface area contributed by atoms with E-state index >= 15 is 0 Å². The first-order valence-corrected chi connectivity index (χ1v) is 8.25. The molecule has 0 atom stereocenters. The summed E-state index contributed by atoms with van der Waals surface area (Å²) in [4.78, 5) is 4.46. The number of nitriles is 1. The van der Waals surface area contributed by atoms with Crippen LogP contribution < -0.4 is 0 Å². The van der Waals surface area contributed by atoms with Gasteiger partial charge in [-0.25, -0.2) is 0 Å². The van der Waals surface area contributed by atoms with Crippen LogP contribution in [-0.4, -0.2) is 4.98 Å². The zero-order valence-electron chi connectivity index (χ0n) is 13.4. The Bertz CT molecular complexity index is 798. The lowest BCUT2D eigenvalue weighted by Gasteiger charge is -2.22. The molecule has 0 spiro atoms. The zero-order valence-corrected chi connectivity index (χ0v) is 15.0. The number of aromatic nitrogens is 1. The number of fused-ring (bicyclic) bond motifs is 1. The minimum Gasteiger partial charge on any atom is -0.254 e. The number of pyridine rings is 1. The second-order valence-electron chi connectivity index (χ2n) is 7.37. The van der Waals surface area contributed by atoms with Crippen molar-refractivity contribution in [1.82, 2.24) is 4.98 Å². The van der Waals surface area contributed by atoms with E-state index in [1.807, 2.05) is 6.07 Å². The fraction of sp³-hybridized carbons (Fsp3) is 0.368. The Morgan fingerprint density at radius 2 is 1.77 bits per heavy atom. The molecule has 0 saturated carbocycles. The summed E-state index contributed by atoms with van der Waals surface area (Å²) in [5, 5.41) is 9.37. The average molecular weight is 355 g/mol. The standard InChI is InChI=1S/C19H19BrN2/c1-18(2)11-19(3,4)16-8-12(5-6-15(16)18)17-13(9-21)7-14(20)10-22-17/h5-8,10H,11H2,1-4H3. The molecule has 22 heavy (non-hydrogen) atoms. The van der Waals surface area contributed by atoms with E-state index in [0.29, 0.717) is 5.56 Å². The molecule has 0 N–H and O–H groups in total. The van der Waals surface area contributed by atoms with E-state index in [2.05, 4.69) is 72.9 Å². The van der Waals surface area contributed by atoms with Crippen LogP contribution in [0.15, 0.2) is 34.9 Å². The van der Waals surface area contributed by atoms with E-state index in [1.54, 1.807) is 6.20 Å². The number of benzene rings is 1. The van der Waals surface area contributed by atoms with Crippen LogP contribution in [0, 0.1) is 11.3 Å². The summed E-state index contributed by atoms with van der Waals surface area (Å²) in [5.41, 5.74) is 5.52. The van der Waals surface area contributed by atoms with Crippen molar-refractivity contribution in [2.75, 3.05) is 0 Å². The van der Waals surface area contributed by atoms with Gasteiger partial charge in [-0.1, -0.05) is 39.8 Å². The van der Waals surface area contributed by atoms with Crippen LogP contribution in [0.4, 0.5) is 0 Å². The molecular formula is C19H19BrN2. The smallest absolute Gasteiger partial charge is 0.101 e. The Hall–Kier alpha value is -1.66. The monoisotopic (exact) mass is 354 g/mol. The minimum absolute atomic E-state index is 0.150. The molecule has 1 aromatic heterocycles. The Morgan fingerprint density at radius 1 is 1.09 bits per heavy atom. The second-order valence-corrected chi connectivity index (χ2v) is 8.28. The van der Waals surface area contributed by atoms with Crippen LogP contribution in [0.3, 0.4) is 0 Å². The van der Waals surface area contributed by atoms with Gasteiger partial charge < -0.3 is 0 Å². The van der Waals surface area contributed by atoms with Gasteiger partial charge in [0.1, 0.15) is 6.07 Å². The highest BCUT2D eigenvalue weighted by atomic mass is 79.9. The maximum Gasteiger partial charge on any atom is 0.101 e. The minimum atomic E-state index is 0.150. The van der Waals surface area contributed by atoms with Crippen molar-refractivity contribution >= 4 is 15.9 Å². The normalized spacial score (nSPS) is 17.8. The first kappa shape index (κ1) is 15.2. The first-order chi connectivity index (χ1) is 10.2. The summed E-state index contributed by atoms with van der Waals surface area (Å²) in [7, 11) is 0. The quantitative estimate of drug-likeness (QED) is 0.692. The summed E-state index contributed by atoms with van der Waals surface area (Å²) in [6.45, 7) is 9.20. The van der Waals surface area contributed by atoms with Crippen molar-refractivity contribution in [3.8, 4) is 17.3 Å². The highest BCUT2D eigenvalue weighted by molar-refractivity contribution is 9.10. The van der Waals surface area contributed by atoms with Gasteiger partial charge in [0.25, 0.3) is 0 Å². The zero-order chi connectivity index (χ0) is 16.1. The predicted molar refractivity (Wildman–Crippen MR) is 92.8 cm³/mol. The first-order valence-electron chi connectivity index (χ1n) is 7.46. The van der Waals surface area contributed by atoms with Crippen LogP contribution in [0.1, 0.15) is 50.8 Å². The van der Waals surface area contributed by atoms with Crippen molar-refractivity contribution < 1.29 is 0 Å². The van der Waals surface area contributed by atoms with Gasteiger partial charge in [-0.2, -0.15) is 5.26 Å². The molecule has 1 heterocycles. The van der Waals surface area contributed by atoms with Gasteiger partial charge in [0.2, 0.25) is 0 Å². The van der Waals surface area contributed by atoms with E-state index in [0.717, 1.165) is 22.2 Å². The molecule has 0 bridgehead atoms. The molecule has 112 valence electrons. The Balaban J connectivity index is 2.19. The molecule has 0 saturated heterocycles. The fourth-order valence-electron chi connectivity index (χ4n) is 3.89. The van der Waals surface area contributed by atoms with E-state index in [-0.39, 0.29) is 10.8 Å². The molecule has 3 heteroatoms. The van der Waals surface area contributed by atoms with E-state index in [1.165, 1.54) is 11.1 Å².